The Labute approximate surface area is 185 Å². The Morgan fingerprint density at radius 2 is 1.74 bits per heavy atom. The fourth-order valence-electron chi connectivity index (χ4n) is 3.18. The van der Waals surface area contributed by atoms with Crippen LogP contribution in [0.5, 0.6) is 0 Å². The molecule has 158 valence electrons. The number of rotatable bonds is 4. The van der Waals surface area contributed by atoms with Crippen molar-refractivity contribution in [2.45, 2.75) is 26.5 Å². The molecule has 0 saturated carbocycles. The number of alkyl halides is 3. The predicted molar refractivity (Wildman–Crippen MR) is 113 cm³/mol. The Morgan fingerprint density at radius 1 is 1.10 bits per heavy atom. The zero-order valence-electron chi connectivity index (χ0n) is 22.3. The third-order valence-corrected chi connectivity index (χ3v) is 4.74. The van der Waals surface area contributed by atoms with Crippen molar-refractivity contribution >= 4 is 11.6 Å². The van der Waals surface area contributed by atoms with Gasteiger partial charge in [-0.05, 0) is 54.2 Å². The van der Waals surface area contributed by atoms with Crippen LogP contribution in [0.15, 0.2) is 66.8 Å². The number of hydrogen-bond donors (Lipinski definition) is 1. The molecule has 0 fully saturated rings. The van der Waals surface area contributed by atoms with E-state index in [0.29, 0.717) is 16.7 Å². The Morgan fingerprint density at radius 3 is 2.35 bits per heavy atom. The van der Waals surface area contributed by atoms with Crippen LogP contribution in [-0.2, 0) is 12.7 Å². The van der Waals surface area contributed by atoms with Gasteiger partial charge in [-0.25, -0.2) is 4.98 Å². The zero-order chi connectivity index (χ0) is 27.3. The molecule has 2 aromatic heterocycles. The van der Waals surface area contributed by atoms with E-state index in [4.69, 9.17) is 8.22 Å². The first-order valence-corrected chi connectivity index (χ1v) is 9.24. The average molecular weight is 429 g/mol. The highest BCUT2D eigenvalue weighted by atomic mass is 19.4. The largest absolute Gasteiger partial charge is 0.416 e. The van der Waals surface area contributed by atoms with Crippen molar-refractivity contribution < 1.29 is 26.2 Å². The van der Waals surface area contributed by atoms with Gasteiger partial charge in [-0.15, -0.1) is 0 Å². The lowest BCUT2D eigenvalue weighted by molar-refractivity contribution is -0.137. The highest BCUT2D eigenvalue weighted by molar-refractivity contribution is 5.94. The molecule has 0 atom stereocenters. The number of hydrogen-bond acceptors (Lipinski definition) is 2. The number of aromatic nitrogens is 2. The number of benzene rings is 2. The molecule has 31 heavy (non-hydrogen) atoms. The lowest BCUT2D eigenvalue weighted by atomic mass is 10.0. The van der Waals surface area contributed by atoms with Gasteiger partial charge in [0.05, 0.1) is 15.4 Å². The summed E-state index contributed by atoms with van der Waals surface area (Å²) in [4.78, 5) is 17.1. The molecule has 0 aliphatic rings. The normalized spacial score (nSPS) is 14.8. The summed E-state index contributed by atoms with van der Waals surface area (Å²) in [6, 6.07) is 10.4. The van der Waals surface area contributed by atoms with Crippen molar-refractivity contribution in [2.75, 3.05) is 0 Å². The number of imidazole rings is 1. The van der Waals surface area contributed by atoms with E-state index in [9.17, 15) is 18.0 Å². The van der Waals surface area contributed by atoms with Gasteiger partial charge in [0.2, 0.25) is 0 Å². The van der Waals surface area contributed by atoms with Crippen LogP contribution in [0.4, 0.5) is 13.2 Å². The molecule has 0 saturated heterocycles. The molecule has 0 radical (unpaired) electrons. The minimum Gasteiger partial charge on any atom is -0.347 e. The van der Waals surface area contributed by atoms with Gasteiger partial charge in [0.1, 0.15) is 11.3 Å². The third-order valence-electron chi connectivity index (χ3n) is 4.74. The predicted octanol–water partition coefficient (Wildman–Crippen LogP) is 5.57. The molecule has 4 aromatic rings. The summed E-state index contributed by atoms with van der Waals surface area (Å²) in [5.41, 5.74) is 0.474. The minimum atomic E-state index is -4.42. The fourth-order valence-corrected chi connectivity index (χ4v) is 3.18. The summed E-state index contributed by atoms with van der Waals surface area (Å²) in [6.07, 6.45) is -5.02. The Balaban J connectivity index is 1.57. The van der Waals surface area contributed by atoms with Crippen molar-refractivity contribution in [1.29, 1.82) is 0 Å². The fraction of sp³-hybridized carbons (Fsp3) is 0.167. The van der Waals surface area contributed by atoms with E-state index in [-0.39, 0.29) is 23.6 Å². The standard InChI is InChI=1S/C24H20F3N3O/c1-15-3-12-21-29-16(2)22(30(21)14-15)23(31)28-13-17-4-6-18(7-5-17)19-8-10-20(11-9-19)24(25,26)27/h3-12,14H,13H2,1-2H3,(H,28,31)/i1D3,3D,12D,14D. The van der Waals surface area contributed by atoms with Crippen molar-refractivity contribution in [2.24, 2.45) is 0 Å². The van der Waals surface area contributed by atoms with Crippen LogP contribution in [-0.4, -0.2) is 15.3 Å². The third kappa shape index (κ3) is 4.30. The van der Waals surface area contributed by atoms with Crippen LogP contribution in [0.25, 0.3) is 16.8 Å². The molecule has 4 nitrogen and oxygen atoms in total. The second kappa shape index (κ2) is 7.91. The van der Waals surface area contributed by atoms with Gasteiger partial charge in [-0.2, -0.15) is 13.2 Å². The van der Waals surface area contributed by atoms with E-state index in [1.807, 2.05) is 0 Å². The topological polar surface area (TPSA) is 46.4 Å². The van der Waals surface area contributed by atoms with Crippen molar-refractivity contribution in [1.82, 2.24) is 14.7 Å². The first-order valence-electron chi connectivity index (χ1n) is 12.2. The minimum absolute atomic E-state index is 0.0581. The number of aryl methyl sites for hydroxylation is 1. The summed E-state index contributed by atoms with van der Waals surface area (Å²) < 4.78 is 86.7. The second-order valence-electron chi connectivity index (χ2n) is 6.90. The van der Waals surface area contributed by atoms with Crippen LogP contribution in [0, 0.1) is 13.8 Å². The molecule has 0 aliphatic heterocycles. The molecule has 0 unspecified atom stereocenters. The van der Waals surface area contributed by atoms with Gasteiger partial charge in [0, 0.05) is 16.8 Å². The van der Waals surface area contributed by atoms with Gasteiger partial charge in [0.25, 0.3) is 5.91 Å². The van der Waals surface area contributed by atoms with E-state index in [0.717, 1.165) is 16.5 Å². The van der Waals surface area contributed by atoms with E-state index in [1.165, 1.54) is 19.1 Å². The Bertz CT molecular complexity index is 1490. The number of amides is 1. The molecule has 0 spiro atoms. The summed E-state index contributed by atoms with van der Waals surface area (Å²) in [5.74, 6) is -0.654. The number of carbonyl (C=O) groups excluding carboxylic acids is 1. The van der Waals surface area contributed by atoms with Crippen LogP contribution in [0.1, 0.15) is 41.1 Å². The van der Waals surface area contributed by atoms with Gasteiger partial charge in [-0.3, -0.25) is 9.20 Å². The Hall–Kier alpha value is -3.61. The summed E-state index contributed by atoms with van der Waals surface area (Å²) in [6.45, 7) is -1.29. The second-order valence-corrected chi connectivity index (χ2v) is 6.90. The maximum Gasteiger partial charge on any atom is 0.416 e. The number of halogens is 3. The van der Waals surface area contributed by atoms with Crippen molar-refractivity contribution in [3.63, 3.8) is 0 Å². The molecule has 4 rings (SSSR count). The summed E-state index contributed by atoms with van der Waals surface area (Å²) in [7, 11) is 0. The first-order chi connectivity index (χ1) is 17.2. The molecule has 2 heterocycles. The van der Waals surface area contributed by atoms with Gasteiger partial charge in [0.15, 0.2) is 0 Å². The maximum atomic E-state index is 13.0. The molecule has 2 aromatic carbocycles. The Kier molecular flexibility index (Phi) is 3.67. The zero-order valence-corrected chi connectivity index (χ0v) is 16.3. The first kappa shape index (κ1) is 14.4. The molecule has 0 aliphatic carbocycles. The van der Waals surface area contributed by atoms with Crippen molar-refractivity contribution in [3.8, 4) is 11.1 Å². The SMILES string of the molecule is [2H]c1c(C([2H])([2H])[2H])c([2H])n2c(C(=O)NCc3ccc(-c4ccc(C(F)(F)F)cc4)cc3)c(C)nc2c1[2H]. The summed E-state index contributed by atoms with van der Waals surface area (Å²) >= 11 is 0. The highest BCUT2D eigenvalue weighted by Crippen LogP contribution is 2.31. The highest BCUT2D eigenvalue weighted by Gasteiger charge is 2.29. The number of pyridine rings is 1. The van der Waals surface area contributed by atoms with Crippen LogP contribution >= 0.6 is 0 Å². The van der Waals surface area contributed by atoms with Crippen molar-refractivity contribution in [3.05, 3.63) is 94.9 Å². The number of nitrogens with one attached hydrogen (secondary N) is 1. The molecule has 1 amide bonds. The van der Waals surface area contributed by atoms with Gasteiger partial charge < -0.3 is 5.32 Å². The van der Waals surface area contributed by atoms with Gasteiger partial charge in [-0.1, -0.05) is 42.4 Å². The maximum absolute atomic E-state index is 13.0. The molecular formula is C24H20F3N3O. The van der Waals surface area contributed by atoms with E-state index < -0.39 is 48.3 Å². The van der Waals surface area contributed by atoms with Crippen LogP contribution in [0.2, 0.25) is 0 Å². The number of fused-ring (bicyclic) bond motifs is 1. The van der Waals surface area contributed by atoms with E-state index in [1.54, 1.807) is 24.3 Å². The quantitative estimate of drug-likeness (QED) is 0.461. The lowest BCUT2D eigenvalue weighted by Crippen LogP contribution is -2.25. The smallest absolute Gasteiger partial charge is 0.347 e. The van der Waals surface area contributed by atoms with E-state index in [2.05, 4.69) is 10.3 Å². The number of carbonyl (C=O) groups is 1. The molecular weight excluding hydrogens is 403 g/mol. The van der Waals surface area contributed by atoms with Gasteiger partial charge >= 0.3 is 6.18 Å². The lowest BCUT2D eigenvalue weighted by Gasteiger charge is -2.09. The monoisotopic (exact) mass is 429 g/mol. The molecule has 1 N–H and O–H groups in total. The van der Waals surface area contributed by atoms with Crippen LogP contribution < -0.4 is 5.32 Å². The summed E-state index contributed by atoms with van der Waals surface area (Å²) in [5, 5.41) is 2.68. The average Bonchev–Trinajstić information content (AvgIpc) is 3.18. The van der Waals surface area contributed by atoms with Crippen LogP contribution in [0.3, 0.4) is 0 Å². The molecule has 7 heteroatoms. The number of nitrogens with zero attached hydrogens (tertiary/aromatic N) is 2. The van der Waals surface area contributed by atoms with E-state index >= 15 is 0 Å². The molecule has 0 bridgehead atoms.